The van der Waals surface area contributed by atoms with Gasteiger partial charge in [0.25, 0.3) is 0 Å². The van der Waals surface area contributed by atoms with Gasteiger partial charge in [-0.3, -0.25) is 32.5 Å². The molecule has 0 aliphatic rings. The SMILES string of the molecule is CC/C=C\C/C=C\C/C=C\C/C=C\C/C=C\C/C=C\CCC(=O)OCC(COP(=O)(O)OCC(O)COP(=O)(O)OCC(O)COC(=O)CCCCCCCCCCCCCCCCC/C=C\C/C=C\C/C=C\C/C=C\CCCCC)OC(=O)CCCCCCCC/C=C\C/C=C\C/C=C\C/C=C\CC. The van der Waals surface area contributed by atoms with Gasteiger partial charge in [-0.25, -0.2) is 9.13 Å². The summed E-state index contributed by atoms with van der Waals surface area (Å²) >= 11 is 0. The van der Waals surface area contributed by atoms with Gasteiger partial charge < -0.3 is 34.2 Å². The van der Waals surface area contributed by atoms with Crippen molar-refractivity contribution >= 4 is 33.6 Å². The van der Waals surface area contributed by atoms with E-state index in [0.29, 0.717) is 25.7 Å². The lowest BCUT2D eigenvalue weighted by Crippen LogP contribution is -2.30. The van der Waals surface area contributed by atoms with Crippen LogP contribution < -0.4 is 0 Å². The predicted molar refractivity (Wildman–Crippen MR) is 435 cm³/mol. The van der Waals surface area contributed by atoms with Crippen LogP contribution in [0.2, 0.25) is 0 Å². The molecule has 0 bridgehead atoms. The topological polar surface area (TPSA) is 231 Å². The summed E-state index contributed by atoms with van der Waals surface area (Å²) in [5.41, 5.74) is 0. The van der Waals surface area contributed by atoms with Crippen LogP contribution in [0.4, 0.5) is 0 Å². The minimum absolute atomic E-state index is 0.0358. The Morgan fingerprint density at radius 2 is 0.524 bits per heavy atom. The average Bonchev–Trinajstić information content (AvgIpc) is 0.915. The zero-order valence-electron chi connectivity index (χ0n) is 65.3. The Labute approximate surface area is 637 Å². The lowest BCUT2D eigenvalue weighted by molar-refractivity contribution is -0.161. The van der Waals surface area contributed by atoms with Gasteiger partial charge in [0.1, 0.15) is 25.4 Å². The van der Waals surface area contributed by atoms with Gasteiger partial charge in [0.2, 0.25) is 0 Å². The average molecular weight is 1510 g/mol. The normalized spacial score (nSPS) is 14.8. The van der Waals surface area contributed by atoms with Gasteiger partial charge in [-0.15, -0.1) is 0 Å². The summed E-state index contributed by atoms with van der Waals surface area (Å²) in [4.78, 5) is 58.7. The number of unbranched alkanes of at least 4 members (excludes halogenated alkanes) is 24. The number of carbonyl (C=O) groups excluding carboxylic acids is 3. The molecule has 4 N–H and O–H groups in total. The van der Waals surface area contributed by atoms with Crippen LogP contribution in [0.1, 0.15) is 303 Å². The minimum Gasteiger partial charge on any atom is -0.463 e. The van der Waals surface area contributed by atoms with E-state index in [1.807, 2.05) is 18.2 Å². The number of phosphoric acid groups is 2. The smallest absolute Gasteiger partial charge is 0.463 e. The van der Waals surface area contributed by atoms with Crippen molar-refractivity contribution in [3.8, 4) is 0 Å². The Hall–Kier alpha value is -5.09. The molecule has 0 amide bonds. The molecular formula is C87H144O16P2. The number of hydrogen-bond acceptors (Lipinski definition) is 14. The maximum Gasteiger partial charge on any atom is 0.472 e. The molecule has 105 heavy (non-hydrogen) atoms. The standard InChI is InChI=1S/C87H144O16P2/c1-4-7-10-13-16-19-22-25-28-31-34-35-36-37-38-39-40-41-42-43-44-45-48-50-52-55-58-61-64-67-70-73-85(90)97-76-82(88)77-99-104(93,94)100-78-83(89)79-101-105(95,96)102-81-84(103-87(92)75-72-69-66-63-60-57-54-51-47-33-30-27-24-21-18-15-12-9-6-3)80-98-86(91)74-71-68-65-62-59-56-53-49-46-32-29-26-23-20-17-14-11-8-5-2/h8-9,11-12,16-21,25-30,34-35,37-38,46-47,49,51,56,59,65,68,82-84,88-89H,4-7,10,13-15,22-24,31-33,36,39-45,48,50,52-55,57-58,60-64,66-67,69-81H2,1-3H3,(H,93,94)(H,95,96)/b11-8-,12-9-,19-16-,20-17-,21-18-,28-25-,29-26-,30-27-,35-34-,38-37-,49-46-,51-47-,59-56-,68-65-. The second-order valence-electron chi connectivity index (χ2n) is 26.5. The highest BCUT2D eigenvalue weighted by Gasteiger charge is 2.29. The van der Waals surface area contributed by atoms with E-state index in [4.69, 9.17) is 32.3 Å². The summed E-state index contributed by atoms with van der Waals surface area (Å²) in [5, 5.41) is 20.7. The zero-order valence-corrected chi connectivity index (χ0v) is 67.1. The molecule has 0 saturated heterocycles. The fourth-order valence-electron chi connectivity index (χ4n) is 10.3. The van der Waals surface area contributed by atoms with E-state index < -0.39 is 91.5 Å². The largest absolute Gasteiger partial charge is 0.472 e. The summed E-state index contributed by atoms with van der Waals surface area (Å²) < 4.78 is 61.1. The molecular weight excluding hydrogens is 1360 g/mol. The first-order chi connectivity index (χ1) is 51.2. The van der Waals surface area contributed by atoms with E-state index in [-0.39, 0.29) is 19.3 Å². The highest BCUT2D eigenvalue weighted by molar-refractivity contribution is 7.47. The van der Waals surface area contributed by atoms with Crippen molar-refractivity contribution < 1.29 is 75.8 Å². The summed E-state index contributed by atoms with van der Waals surface area (Å²) in [6.07, 6.45) is 99.9. The molecule has 598 valence electrons. The third kappa shape index (κ3) is 79.8. The van der Waals surface area contributed by atoms with E-state index in [1.54, 1.807) is 0 Å². The Morgan fingerprint density at radius 3 is 0.857 bits per heavy atom. The third-order valence-electron chi connectivity index (χ3n) is 16.4. The molecule has 0 aliphatic carbocycles. The van der Waals surface area contributed by atoms with Crippen molar-refractivity contribution in [3.05, 3.63) is 170 Å². The van der Waals surface area contributed by atoms with E-state index in [2.05, 4.69) is 173 Å². The van der Waals surface area contributed by atoms with Gasteiger partial charge in [-0.05, 0) is 141 Å². The maximum atomic E-state index is 13.0. The summed E-state index contributed by atoms with van der Waals surface area (Å²) in [6, 6.07) is 0. The lowest BCUT2D eigenvalue weighted by Gasteiger charge is -2.21. The second kappa shape index (κ2) is 78.5. The molecule has 5 atom stereocenters. The van der Waals surface area contributed by atoms with Gasteiger partial charge in [0, 0.05) is 19.3 Å². The number of carbonyl (C=O) groups is 3. The highest BCUT2D eigenvalue weighted by Crippen LogP contribution is 2.45. The first-order valence-corrected chi connectivity index (χ1v) is 43.4. The Morgan fingerprint density at radius 1 is 0.276 bits per heavy atom. The molecule has 0 spiro atoms. The fraction of sp³-hybridized carbons (Fsp3) is 0.644. The van der Waals surface area contributed by atoms with Crippen molar-refractivity contribution in [1.29, 1.82) is 0 Å². The van der Waals surface area contributed by atoms with Gasteiger partial charge >= 0.3 is 33.6 Å². The number of rotatable bonds is 75. The number of allylic oxidation sites excluding steroid dienone is 28. The van der Waals surface area contributed by atoms with E-state index in [1.165, 1.54) is 103 Å². The number of esters is 3. The van der Waals surface area contributed by atoms with E-state index >= 15 is 0 Å². The Bertz CT molecular complexity index is 2590. The van der Waals surface area contributed by atoms with Crippen molar-refractivity contribution in [1.82, 2.24) is 0 Å². The first-order valence-electron chi connectivity index (χ1n) is 40.4. The molecule has 0 aliphatic heterocycles. The molecule has 0 rings (SSSR count). The molecule has 0 aromatic rings. The van der Waals surface area contributed by atoms with Crippen LogP contribution in [0.25, 0.3) is 0 Å². The van der Waals surface area contributed by atoms with Crippen LogP contribution in [-0.4, -0.2) is 95.9 Å². The maximum absolute atomic E-state index is 13.0. The van der Waals surface area contributed by atoms with Gasteiger partial charge in [0.15, 0.2) is 6.10 Å². The van der Waals surface area contributed by atoms with Crippen LogP contribution in [0.15, 0.2) is 170 Å². The summed E-state index contributed by atoms with van der Waals surface area (Å²) in [5.74, 6) is -1.70. The van der Waals surface area contributed by atoms with Crippen molar-refractivity contribution in [3.63, 3.8) is 0 Å². The van der Waals surface area contributed by atoms with E-state index in [9.17, 15) is 43.5 Å². The van der Waals surface area contributed by atoms with Gasteiger partial charge in [-0.1, -0.05) is 313 Å². The monoisotopic (exact) mass is 1510 g/mol. The quantitative estimate of drug-likeness (QED) is 0.0146. The van der Waals surface area contributed by atoms with Crippen LogP contribution >= 0.6 is 15.6 Å². The highest BCUT2D eigenvalue weighted by atomic mass is 31.2. The predicted octanol–water partition coefficient (Wildman–Crippen LogP) is 24.0. The number of ether oxygens (including phenoxy) is 3. The molecule has 0 heterocycles. The lowest BCUT2D eigenvalue weighted by atomic mass is 10.0. The molecule has 16 nitrogen and oxygen atoms in total. The fourth-order valence-corrected chi connectivity index (χ4v) is 11.9. The molecule has 5 unspecified atom stereocenters. The Kier molecular flexibility index (Phi) is 74.7. The van der Waals surface area contributed by atoms with Crippen LogP contribution in [0, 0.1) is 0 Å². The molecule has 0 fully saturated rings. The van der Waals surface area contributed by atoms with Gasteiger partial charge in [-0.2, -0.15) is 0 Å². The minimum atomic E-state index is -4.96. The van der Waals surface area contributed by atoms with Crippen molar-refractivity contribution in [2.24, 2.45) is 0 Å². The molecule has 0 radical (unpaired) electrons. The summed E-state index contributed by atoms with van der Waals surface area (Å²) in [7, 11) is -9.83. The van der Waals surface area contributed by atoms with E-state index in [0.717, 1.165) is 135 Å². The second-order valence-corrected chi connectivity index (χ2v) is 29.4. The van der Waals surface area contributed by atoms with Gasteiger partial charge in [0.05, 0.1) is 26.4 Å². The molecule has 18 heteroatoms. The third-order valence-corrected chi connectivity index (χ3v) is 18.3. The zero-order chi connectivity index (χ0) is 76.6. The van der Waals surface area contributed by atoms with Crippen molar-refractivity contribution in [2.75, 3.05) is 39.6 Å². The molecule has 0 aromatic heterocycles. The first kappa shape index (κ1) is 99.9. The van der Waals surface area contributed by atoms with Crippen LogP contribution in [0.5, 0.6) is 0 Å². The number of aliphatic hydroxyl groups excluding tert-OH is 2. The number of phosphoric ester groups is 2. The number of hydrogen-bond donors (Lipinski definition) is 4. The molecule has 0 saturated carbocycles. The molecule has 0 aromatic carbocycles. The van der Waals surface area contributed by atoms with Crippen molar-refractivity contribution in [2.45, 2.75) is 322 Å². The van der Waals surface area contributed by atoms with Crippen LogP contribution in [0.3, 0.4) is 0 Å². The Balaban J connectivity index is 4.60. The summed E-state index contributed by atoms with van der Waals surface area (Å²) in [6.45, 7) is 2.32. The number of aliphatic hydroxyl groups is 2. The van der Waals surface area contributed by atoms with Crippen LogP contribution in [-0.2, 0) is 55.8 Å².